The summed E-state index contributed by atoms with van der Waals surface area (Å²) in [5, 5.41) is 5.86. The number of rotatable bonds is 5. The fourth-order valence-electron chi connectivity index (χ4n) is 2.71. The minimum atomic E-state index is -4.43. The maximum absolute atomic E-state index is 12.9. The van der Waals surface area contributed by atoms with E-state index in [1.54, 1.807) is 19.0 Å². The number of hydrogen-bond acceptors (Lipinski definition) is 3. The van der Waals surface area contributed by atoms with Crippen LogP contribution in [0.3, 0.4) is 0 Å². The Morgan fingerprint density at radius 2 is 2.00 bits per heavy atom. The van der Waals surface area contributed by atoms with Gasteiger partial charge in [0.15, 0.2) is 0 Å². The minimum Gasteiger partial charge on any atom is -0.376 e. The van der Waals surface area contributed by atoms with Crippen molar-refractivity contribution in [1.29, 1.82) is 0 Å². The number of nitrogens with one attached hydrogen (secondary N) is 2. The average Bonchev–Trinajstić information content (AvgIpc) is 2.97. The SMILES string of the molecule is CN(C)c1ccc(C(F)(F)F)cc1NC(=O)CCC1CCNC1.Cl.Cl. The predicted molar refractivity (Wildman–Crippen MR) is 99.1 cm³/mol. The molecule has 1 atom stereocenters. The van der Waals surface area contributed by atoms with Crippen LogP contribution in [0, 0.1) is 5.92 Å². The van der Waals surface area contributed by atoms with Crippen molar-refractivity contribution in [2.24, 2.45) is 5.92 Å². The van der Waals surface area contributed by atoms with E-state index < -0.39 is 11.7 Å². The van der Waals surface area contributed by atoms with E-state index in [0.29, 0.717) is 18.0 Å². The number of carbonyl (C=O) groups is 1. The van der Waals surface area contributed by atoms with Gasteiger partial charge in [0.2, 0.25) is 5.91 Å². The van der Waals surface area contributed by atoms with Crippen molar-refractivity contribution >= 4 is 42.1 Å². The van der Waals surface area contributed by atoms with Crippen LogP contribution < -0.4 is 15.5 Å². The molecule has 2 N–H and O–H groups in total. The summed E-state index contributed by atoms with van der Waals surface area (Å²) in [7, 11) is 3.45. The number of halogens is 5. The van der Waals surface area contributed by atoms with Gasteiger partial charge in [-0.25, -0.2) is 0 Å². The molecule has 1 amide bonds. The molecule has 1 fully saturated rings. The first-order valence-corrected chi connectivity index (χ1v) is 7.66. The van der Waals surface area contributed by atoms with Crippen molar-refractivity contribution < 1.29 is 18.0 Å². The Morgan fingerprint density at radius 1 is 1.32 bits per heavy atom. The van der Waals surface area contributed by atoms with E-state index in [1.807, 2.05) is 0 Å². The average molecular weight is 402 g/mol. The summed E-state index contributed by atoms with van der Waals surface area (Å²) in [5.74, 6) is 0.218. The first-order chi connectivity index (χ1) is 10.8. The molecule has 1 aromatic carbocycles. The third-order valence-corrected chi connectivity index (χ3v) is 4.02. The second kappa shape index (κ2) is 10.1. The Labute approximate surface area is 158 Å². The molecule has 2 rings (SSSR count). The third kappa shape index (κ3) is 6.92. The molecule has 0 radical (unpaired) electrons. The quantitative estimate of drug-likeness (QED) is 0.784. The van der Waals surface area contributed by atoms with Crippen LogP contribution in [0.1, 0.15) is 24.8 Å². The van der Waals surface area contributed by atoms with Gasteiger partial charge in [-0.2, -0.15) is 13.2 Å². The molecule has 1 saturated heterocycles. The molecule has 9 heteroatoms. The van der Waals surface area contributed by atoms with Crippen LogP contribution in [0.15, 0.2) is 18.2 Å². The van der Waals surface area contributed by atoms with Crippen LogP contribution in [0.5, 0.6) is 0 Å². The summed E-state index contributed by atoms with van der Waals surface area (Å²) in [6.07, 6.45) is -2.33. The Bertz CT molecular complexity index is 562. The molecule has 0 aliphatic carbocycles. The first kappa shape index (κ1) is 23.8. The number of hydrogen-bond donors (Lipinski definition) is 2. The molecule has 144 valence electrons. The molecule has 1 aromatic rings. The third-order valence-electron chi connectivity index (χ3n) is 4.02. The predicted octanol–water partition coefficient (Wildman–Crippen LogP) is 3.94. The highest BCUT2D eigenvalue weighted by Gasteiger charge is 2.31. The van der Waals surface area contributed by atoms with Gasteiger partial charge in [0.1, 0.15) is 0 Å². The van der Waals surface area contributed by atoms with E-state index >= 15 is 0 Å². The van der Waals surface area contributed by atoms with E-state index in [4.69, 9.17) is 0 Å². The van der Waals surface area contributed by atoms with Crippen LogP contribution in [-0.2, 0) is 11.0 Å². The summed E-state index contributed by atoms with van der Waals surface area (Å²) in [4.78, 5) is 13.8. The van der Waals surface area contributed by atoms with Crippen molar-refractivity contribution in [1.82, 2.24) is 5.32 Å². The molecule has 0 aromatic heterocycles. The van der Waals surface area contributed by atoms with Crippen LogP contribution in [0.25, 0.3) is 0 Å². The Morgan fingerprint density at radius 3 is 2.52 bits per heavy atom. The fourth-order valence-corrected chi connectivity index (χ4v) is 2.71. The molecule has 0 bridgehead atoms. The second-order valence-electron chi connectivity index (χ2n) is 6.07. The maximum atomic E-state index is 12.9. The van der Waals surface area contributed by atoms with Gasteiger partial charge in [-0.05, 0) is 50.0 Å². The zero-order chi connectivity index (χ0) is 17.0. The van der Waals surface area contributed by atoms with Gasteiger partial charge in [0.25, 0.3) is 0 Å². The second-order valence-corrected chi connectivity index (χ2v) is 6.07. The number of benzene rings is 1. The number of anilines is 2. The highest BCUT2D eigenvalue weighted by atomic mass is 35.5. The Hall–Kier alpha value is -1.18. The fraction of sp³-hybridized carbons (Fsp3) is 0.562. The van der Waals surface area contributed by atoms with E-state index in [2.05, 4.69) is 10.6 Å². The van der Waals surface area contributed by atoms with Crippen molar-refractivity contribution in [2.75, 3.05) is 37.4 Å². The lowest BCUT2D eigenvalue weighted by atomic mass is 10.0. The lowest BCUT2D eigenvalue weighted by molar-refractivity contribution is -0.137. The molecule has 1 aliphatic heterocycles. The van der Waals surface area contributed by atoms with Crippen molar-refractivity contribution in [3.63, 3.8) is 0 Å². The molecule has 0 saturated carbocycles. The van der Waals surface area contributed by atoms with E-state index in [-0.39, 0.29) is 36.4 Å². The molecule has 1 aliphatic rings. The standard InChI is InChI=1S/C16H22F3N3O.2ClH/c1-22(2)14-5-4-12(16(17,18)19)9-13(14)21-15(23)6-3-11-7-8-20-10-11;;/h4-5,9,11,20H,3,6-8,10H2,1-2H3,(H,21,23);2*1H. The van der Waals surface area contributed by atoms with E-state index in [9.17, 15) is 18.0 Å². The van der Waals surface area contributed by atoms with Crippen LogP contribution in [0.4, 0.5) is 24.5 Å². The van der Waals surface area contributed by atoms with Gasteiger partial charge >= 0.3 is 6.18 Å². The summed E-state index contributed by atoms with van der Waals surface area (Å²) in [6.45, 7) is 1.87. The molecule has 0 spiro atoms. The summed E-state index contributed by atoms with van der Waals surface area (Å²) < 4.78 is 38.6. The monoisotopic (exact) mass is 401 g/mol. The van der Waals surface area contributed by atoms with Gasteiger partial charge in [0.05, 0.1) is 16.9 Å². The zero-order valence-corrected chi connectivity index (χ0v) is 15.8. The highest BCUT2D eigenvalue weighted by Crippen LogP contribution is 2.35. The van der Waals surface area contributed by atoms with Crippen LogP contribution in [0.2, 0.25) is 0 Å². The number of amides is 1. The number of alkyl halides is 3. The maximum Gasteiger partial charge on any atom is 0.416 e. The lowest BCUT2D eigenvalue weighted by Crippen LogP contribution is -2.19. The molecule has 1 unspecified atom stereocenters. The van der Waals surface area contributed by atoms with Crippen molar-refractivity contribution in [3.05, 3.63) is 23.8 Å². The normalized spacial score (nSPS) is 16.6. The van der Waals surface area contributed by atoms with Gasteiger partial charge in [-0.3, -0.25) is 4.79 Å². The molecule has 1 heterocycles. The molecular formula is C16H24Cl2F3N3O. The smallest absolute Gasteiger partial charge is 0.376 e. The largest absolute Gasteiger partial charge is 0.416 e. The van der Waals surface area contributed by atoms with Crippen molar-refractivity contribution in [2.45, 2.75) is 25.4 Å². The Balaban J connectivity index is 0.00000288. The van der Waals surface area contributed by atoms with Crippen LogP contribution in [-0.4, -0.2) is 33.1 Å². The van der Waals surface area contributed by atoms with Crippen molar-refractivity contribution in [3.8, 4) is 0 Å². The first-order valence-electron chi connectivity index (χ1n) is 7.66. The molecular weight excluding hydrogens is 378 g/mol. The van der Waals surface area contributed by atoms with Gasteiger partial charge < -0.3 is 15.5 Å². The minimum absolute atomic E-state index is 0. The van der Waals surface area contributed by atoms with Gasteiger partial charge in [-0.15, -0.1) is 24.8 Å². The van der Waals surface area contributed by atoms with Gasteiger partial charge in [-0.1, -0.05) is 0 Å². The summed E-state index contributed by atoms with van der Waals surface area (Å²) in [5.41, 5.74) is -0.0216. The Kier molecular flexibility index (Phi) is 9.61. The number of nitrogens with zero attached hydrogens (tertiary/aromatic N) is 1. The molecule has 4 nitrogen and oxygen atoms in total. The topological polar surface area (TPSA) is 44.4 Å². The zero-order valence-electron chi connectivity index (χ0n) is 14.2. The molecule has 25 heavy (non-hydrogen) atoms. The van der Waals surface area contributed by atoms with E-state index in [1.165, 1.54) is 6.07 Å². The lowest BCUT2D eigenvalue weighted by Gasteiger charge is -2.20. The van der Waals surface area contributed by atoms with E-state index in [0.717, 1.165) is 38.1 Å². The van der Waals surface area contributed by atoms with Crippen LogP contribution >= 0.6 is 24.8 Å². The summed E-state index contributed by atoms with van der Waals surface area (Å²) >= 11 is 0. The summed E-state index contributed by atoms with van der Waals surface area (Å²) in [6, 6.07) is 3.39. The highest BCUT2D eigenvalue weighted by molar-refractivity contribution is 5.94. The van der Waals surface area contributed by atoms with Gasteiger partial charge in [0, 0.05) is 20.5 Å². The number of carbonyl (C=O) groups excluding carboxylic acids is 1.